The quantitative estimate of drug-likeness (QED) is 0.804. The van der Waals surface area contributed by atoms with E-state index in [9.17, 15) is 9.59 Å². The summed E-state index contributed by atoms with van der Waals surface area (Å²) in [7, 11) is 0. The molecule has 2 saturated heterocycles. The van der Waals surface area contributed by atoms with E-state index in [4.69, 9.17) is 5.11 Å². The van der Waals surface area contributed by atoms with Crippen LogP contribution in [0.4, 0.5) is 0 Å². The van der Waals surface area contributed by atoms with Gasteiger partial charge in [-0.2, -0.15) is 11.8 Å². The molecule has 0 aromatic rings. The van der Waals surface area contributed by atoms with Crippen LogP contribution in [0.1, 0.15) is 12.8 Å². The van der Waals surface area contributed by atoms with E-state index < -0.39 is 5.97 Å². The van der Waals surface area contributed by atoms with Gasteiger partial charge in [-0.05, 0) is 18.6 Å². The second kappa shape index (κ2) is 6.43. The number of rotatable bonds is 3. The zero-order valence-electron chi connectivity index (χ0n) is 10.5. The summed E-state index contributed by atoms with van der Waals surface area (Å²) in [6, 6.07) is 0. The van der Waals surface area contributed by atoms with Crippen LogP contribution >= 0.6 is 11.8 Å². The molecule has 0 aromatic heterocycles. The maximum absolute atomic E-state index is 12.3. The number of carbonyl (C=O) groups excluding carboxylic acids is 1. The van der Waals surface area contributed by atoms with Crippen molar-refractivity contribution in [3.8, 4) is 0 Å². The minimum Gasteiger partial charge on any atom is -0.480 e. The maximum atomic E-state index is 12.3. The van der Waals surface area contributed by atoms with Crippen molar-refractivity contribution in [2.45, 2.75) is 12.8 Å². The molecule has 1 N–H and O–H groups in total. The van der Waals surface area contributed by atoms with Crippen molar-refractivity contribution in [3.63, 3.8) is 0 Å². The summed E-state index contributed by atoms with van der Waals surface area (Å²) in [5.74, 6) is 1.73. The Morgan fingerprint density at radius 2 is 2.06 bits per heavy atom. The molecule has 0 radical (unpaired) electrons. The standard InChI is InChI=1S/C12H20N2O3S/c15-11(16)8-13-3-1-4-14(6-5-13)12(17)10-2-7-18-9-10/h10H,1-9H2,(H,15,16). The minimum atomic E-state index is -0.790. The molecule has 0 aliphatic carbocycles. The SMILES string of the molecule is O=C(O)CN1CCCN(C(=O)C2CCSC2)CC1. The number of amides is 1. The van der Waals surface area contributed by atoms with Gasteiger partial charge in [0.25, 0.3) is 0 Å². The predicted molar refractivity (Wildman–Crippen MR) is 70.7 cm³/mol. The van der Waals surface area contributed by atoms with E-state index in [0.717, 1.165) is 37.4 Å². The van der Waals surface area contributed by atoms with Crippen LogP contribution in [0, 0.1) is 5.92 Å². The Hall–Kier alpha value is -0.750. The van der Waals surface area contributed by atoms with Crippen molar-refractivity contribution in [1.82, 2.24) is 9.80 Å². The van der Waals surface area contributed by atoms with E-state index in [1.165, 1.54) is 0 Å². The maximum Gasteiger partial charge on any atom is 0.317 e. The highest BCUT2D eigenvalue weighted by atomic mass is 32.2. The van der Waals surface area contributed by atoms with Gasteiger partial charge in [-0.25, -0.2) is 0 Å². The van der Waals surface area contributed by atoms with Gasteiger partial charge in [-0.1, -0.05) is 0 Å². The van der Waals surface area contributed by atoms with Crippen molar-refractivity contribution in [1.29, 1.82) is 0 Å². The molecule has 2 aliphatic heterocycles. The van der Waals surface area contributed by atoms with Gasteiger partial charge >= 0.3 is 5.97 Å². The molecule has 18 heavy (non-hydrogen) atoms. The fourth-order valence-corrected chi connectivity index (χ4v) is 3.74. The zero-order valence-corrected chi connectivity index (χ0v) is 11.3. The van der Waals surface area contributed by atoms with Gasteiger partial charge in [0, 0.05) is 37.8 Å². The smallest absolute Gasteiger partial charge is 0.317 e. The third-order valence-electron chi connectivity index (χ3n) is 3.54. The number of carboxylic acid groups (broad SMARTS) is 1. The number of carbonyl (C=O) groups is 2. The fraction of sp³-hybridized carbons (Fsp3) is 0.833. The van der Waals surface area contributed by atoms with Crippen LogP contribution in [0.5, 0.6) is 0 Å². The van der Waals surface area contributed by atoms with Gasteiger partial charge in [-0.3, -0.25) is 14.5 Å². The fourth-order valence-electron chi connectivity index (χ4n) is 2.53. The summed E-state index contributed by atoms with van der Waals surface area (Å²) in [5, 5.41) is 8.78. The van der Waals surface area contributed by atoms with E-state index in [2.05, 4.69) is 0 Å². The van der Waals surface area contributed by atoms with E-state index >= 15 is 0 Å². The summed E-state index contributed by atoms with van der Waals surface area (Å²) in [6.45, 7) is 2.98. The van der Waals surface area contributed by atoms with Crippen LogP contribution in [-0.2, 0) is 9.59 Å². The van der Waals surface area contributed by atoms with Crippen molar-refractivity contribution in [2.24, 2.45) is 5.92 Å². The molecule has 0 bridgehead atoms. The number of thioether (sulfide) groups is 1. The Kier molecular flexibility index (Phi) is 4.88. The lowest BCUT2D eigenvalue weighted by Crippen LogP contribution is -2.39. The van der Waals surface area contributed by atoms with E-state index in [1.807, 2.05) is 21.6 Å². The lowest BCUT2D eigenvalue weighted by atomic mass is 10.1. The molecule has 0 aromatic carbocycles. The summed E-state index contributed by atoms with van der Waals surface area (Å²) in [5.41, 5.74) is 0. The van der Waals surface area contributed by atoms with Crippen LogP contribution in [-0.4, -0.2) is 71.0 Å². The summed E-state index contributed by atoms with van der Waals surface area (Å²) in [4.78, 5) is 26.8. The Labute approximate surface area is 112 Å². The molecule has 2 fully saturated rings. The third-order valence-corrected chi connectivity index (χ3v) is 4.70. The Balaban J connectivity index is 1.84. The number of aliphatic carboxylic acids is 1. The number of carboxylic acids is 1. The average Bonchev–Trinajstić information content (AvgIpc) is 2.76. The molecule has 5 nitrogen and oxygen atoms in total. The molecule has 102 valence electrons. The second-order valence-corrected chi connectivity index (χ2v) is 6.06. The van der Waals surface area contributed by atoms with Gasteiger partial charge in [0.2, 0.25) is 5.91 Å². The van der Waals surface area contributed by atoms with E-state index in [1.54, 1.807) is 0 Å². The molecule has 0 saturated carbocycles. The summed E-state index contributed by atoms with van der Waals surface area (Å²) < 4.78 is 0. The second-order valence-electron chi connectivity index (χ2n) is 4.91. The number of hydrogen-bond donors (Lipinski definition) is 1. The molecule has 1 amide bonds. The average molecular weight is 272 g/mol. The molecular weight excluding hydrogens is 252 g/mol. The van der Waals surface area contributed by atoms with Crippen molar-refractivity contribution >= 4 is 23.6 Å². The third kappa shape index (κ3) is 3.62. The van der Waals surface area contributed by atoms with Crippen LogP contribution in [0.3, 0.4) is 0 Å². The normalized spacial score (nSPS) is 26.0. The molecule has 2 aliphatic rings. The first-order chi connectivity index (χ1) is 8.66. The molecule has 1 atom stereocenters. The molecule has 6 heteroatoms. The first-order valence-corrected chi connectivity index (χ1v) is 7.63. The number of nitrogens with zero attached hydrogens (tertiary/aromatic N) is 2. The lowest BCUT2D eigenvalue weighted by molar-refractivity contribution is -0.138. The molecule has 1 unspecified atom stereocenters. The van der Waals surface area contributed by atoms with Crippen LogP contribution in [0.2, 0.25) is 0 Å². The van der Waals surface area contributed by atoms with E-state index in [0.29, 0.717) is 13.1 Å². The summed E-state index contributed by atoms with van der Waals surface area (Å²) >= 11 is 1.85. The van der Waals surface area contributed by atoms with Gasteiger partial charge in [0.05, 0.1) is 6.54 Å². The number of hydrogen-bond acceptors (Lipinski definition) is 4. The van der Waals surface area contributed by atoms with Crippen LogP contribution in [0.15, 0.2) is 0 Å². The van der Waals surface area contributed by atoms with Gasteiger partial charge < -0.3 is 10.0 Å². The zero-order chi connectivity index (χ0) is 13.0. The van der Waals surface area contributed by atoms with Crippen molar-refractivity contribution in [3.05, 3.63) is 0 Å². The largest absolute Gasteiger partial charge is 0.480 e. The van der Waals surface area contributed by atoms with Crippen molar-refractivity contribution in [2.75, 3.05) is 44.2 Å². The Morgan fingerprint density at radius 1 is 1.22 bits per heavy atom. The minimum absolute atomic E-state index is 0.0846. The monoisotopic (exact) mass is 272 g/mol. The van der Waals surface area contributed by atoms with E-state index in [-0.39, 0.29) is 18.4 Å². The highest BCUT2D eigenvalue weighted by molar-refractivity contribution is 7.99. The molecule has 0 spiro atoms. The Morgan fingerprint density at radius 3 is 2.72 bits per heavy atom. The summed E-state index contributed by atoms with van der Waals surface area (Å²) in [6.07, 6.45) is 1.87. The molecular formula is C12H20N2O3S. The molecule has 2 rings (SSSR count). The predicted octanol–water partition coefficient (Wildman–Crippen LogP) is 0.358. The van der Waals surface area contributed by atoms with Crippen molar-refractivity contribution < 1.29 is 14.7 Å². The van der Waals surface area contributed by atoms with Gasteiger partial charge in [-0.15, -0.1) is 0 Å². The van der Waals surface area contributed by atoms with Crippen LogP contribution < -0.4 is 0 Å². The van der Waals surface area contributed by atoms with Crippen LogP contribution in [0.25, 0.3) is 0 Å². The van der Waals surface area contributed by atoms with Gasteiger partial charge in [0.1, 0.15) is 0 Å². The highest BCUT2D eigenvalue weighted by Gasteiger charge is 2.28. The topological polar surface area (TPSA) is 60.9 Å². The van der Waals surface area contributed by atoms with Gasteiger partial charge in [0.15, 0.2) is 0 Å². The highest BCUT2D eigenvalue weighted by Crippen LogP contribution is 2.25. The Bertz CT molecular complexity index is 318. The molecule has 2 heterocycles. The lowest BCUT2D eigenvalue weighted by Gasteiger charge is -2.23. The first kappa shape index (κ1) is 13.7. The first-order valence-electron chi connectivity index (χ1n) is 6.47.